The van der Waals surface area contributed by atoms with Gasteiger partial charge in [-0.2, -0.15) is 0 Å². The molecule has 108 valence electrons. The Morgan fingerprint density at radius 2 is 2.10 bits per heavy atom. The molecule has 1 N–H and O–H groups in total. The van der Waals surface area contributed by atoms with Crippen molar-refractivity contribution in [1.29, 1.82) is 0 Å². The highest BCUT2D eigenvalue weighted by molar-refractivity contribution is 6.30. The van der Waals surface area contributed by atoms with E-state index >= 15 is 0 Å². The quantitative estimate of drug-likeness (QED) is 0.938. The van der Waals surface area contributed by atoms with E-state index in [1.807, 2.05) is 48.2 Å². The molecule has 0 saturated carbocycles. The van der Waals surface area contributed by atoms with Crippen LogP contribution in [0.4, 0.5) is 11.4 Å². The molecule has 0 saturated heterocycles. The lowest BCUT2D eigenvalue weighted by Crippen LogP contribution is -2.34. The molecule has 0 aromatic heterocycles. The Morgan fingerprint density at radius 3 is 2.90 bits per heavy atom. The standard InChI is InChI=1S/C17H17ClN2O/c1-12-10-14(18)6-7-15(12)19-11-17(21)20-9-8-13-4-2-3-5-16(13)20/h2-7,10,19H,8-9,11H2,1H3. The lowest BCUT2D eigenvalue weighted by Gasteiger charge is -2.18. The summed E-state index contributed by atoms with van der Waals surface area (Å²) >= 11 is 5.94. The summed E-state index contributed by atoms with van der Waals surface area (Å²) in [6.45, 7) is 3.03. The molecule has 0 unspecified atom stereocenters. The van der Waals surface area contributed by atoms with Gasteiger partial charge in [0, 0.05) is 22.9 Å². The molecule has 1 amide bonds. The van der Waals surface area contributed by atoms with Crippen molar-refractivity contribution in [3.05, 3.63) is 58.6 Å². The van der Waals surface area contributed by atoms with Gasteiger partial charge in [0.05, 0.1) is 6.54 Å². The van der Waals surface area contributed by atoms with Gasteiger partial charge in [-0.1, -0.05) is 29.8 Å². The molecule has 1 aliphatic heterocycles. The van der Waals surface area contributed by atoms with E-state index in [1.165, 1.54) is 5.56 Å². The van der Waals surface area contributed by atoms with Gasteiger partial charge in [-0.05, 0) is 48.7 Å². The summed E-state index contributed by atoms with van der Waals surface area (Å²) in [5, 5.41) is 3.90. The lowest BCUT2D eigenvalue weighted by molar-refractivity contribution is -0.116. The average Bonchev–Trinajstić information content (AvgIpc) is 2.90. The number of hydrogen-bond donors (Lipinski definition) is 1. The first-order valence-corrected chi connectivity index (χ1v) is 7.41. The van der Waals surface area contributed by atoms with Crippen LogP contribution in [0.5, 0.6) is 0 Å². The van der Waals surface area contributed by atoms with Crippen molar-refractivity contribution in [1.82, 2.24) is 0 Å². The van der Waals surface area contributed by atoms with Gasteiger partial charge < -0.3 is 10.2 Å². The molecular formula is C17H17ClN2O. The number of anilines is 2. The van der Waals surface area contributed by atoms with Gasteiger partial charge in [0.1, 0.15) is 0 Å². The van der Waals surface area contributed by atoms with Crippen molar-refractivity contribution in [2.24, 2.45) is 0 Å². The molecular weight excluding hydrogens is 284 g/mol. The average molecular weight is 301 g/mol. The van der Waals surface area contributed by atoms with Crippen LogP contribution in [0.2, 0.25) is 5.02 Å². The van der Waals surface area contributed by atoms with Gasteiger partial charge in [0.25, 0.3) is 0 Å². The first-order valence-electron chi connectivity index (χ1n) is 7.03. The second-order valence-corrected chi connectivity index (χ2v) is 5.67. The molecule has 2 aromatic rings. The van der Waals surface area contributed by atoms with E-state index in [2.05, 4.69) is 11.4 Å². The zero-order chi connectivity index (χ0) is 14.8. The Labute approximate surface area is 129 Å². The van der Waals surface area contributed by atoms with Crippen LogP contribution in [0.3, 0.4) is 0 Å². The summed E-state index contributed by atoms with van der Waals surface area (Å²) in [5.41, 5.74) is 4.27. The number of para-hydroxylation sites is 1. The van der Waals surface area contributed by atoms with Crippen molar-refractivity contribution >= 4 is 28.9 Å². The van der Waals surface area contributed by atoms with Crippen LogP contribution >= 0.6 is 11.6 Å². The molecule has 3 rings (SSSR count). The number of amides is 1. The number of nitrogens with zero attached hydrogens (tertiary/aromatic N) is 1. The van der Waals surface area contributed by atoms with E-state index in [4.69, 9.17) is 11.6 Å². The van der Waals surface area contributed by atoms with E-state index in [0.717, 1.165) is 29.9 Å². The predicted molar refractivity (Wildman–Crippen MR) is 87.2 cm³/mol. The van der Waals surface area contributed by atoms with E-state index in [9.17, 15) is 4.79 Å². The third-order valence-electron chi connectivity index (χ3n) is 3.81. The Morgan fingerprint density at radius 1 is 1.29 bits per heavy atom. The molecule has 0 bridgehead atoms. The van der Waals surface area contributed by atoms with Crippen molar-refractivity contribution < 1.29 is 4.79 Å². The maximum atomic E-state index is 12.4. The maximum absolute atomic E-state index is 12.4. The van der Waals surface area contributed by atoms with E-state index in [0.29, 0.717) is 5.02 Å². The van der Waals surface area contributed by atoms with Crippen molar-refractivity contribution in [2.75, 3.05) is 23.3 Å². The summed E-state index contributed by atoms with van der Waals surface area (Å²) in [6, 6.07) is 13.7. The van der Waals surface area contributed by atoms with Gasteiger partial charge in [0.15, 0.2) is 0 Å². The van der Waals surface area contributed by atoms with Crippen LogP contribution < -0.4 is 10.2 Å². The Balaban J connectivity index is 1.68. The zero-order valence-electron chi connectivity index (χ0n) is 11.9. The van der Waals surface area contributed by atoms with Crippen LogP contribution in [0.15, 0.2) is 42.5 Å². The Hall–Kier alpha value is -2.00. The largest absolute Gasteiger partial charge is 0.376 e. The molecule has 1 aliphatic rings. The molecule has 0 fully saturated rings. The predicted octanol–water partition coefficient (Wildman–Crippen LogP) is 3.65. The van der Waals surface area contributed by atoms with Crippen molar-refractivity contribution in [3.63, 3.8) is 0 Å². The number of hydrogen-bond acceptors (Lipinski definition) is 2. The van der Waals surface area contributed by atoms with Crippen LogP contribution in [-0.2, 0) is 11.2 Å². The molecule has 1 heterocycles. The molecule has 21 heavy (non-hydrogen) atoms. The van der Waals surface area contributed by atoms with Crippen LogP contribution in [0, 0.1) is 6.92 Å². The summed E-state index contributed by atoms with van der Waals surface area (Å²) in [5.74, 6) is 0.0919. The monoisotopic (exact) mass is 300 g/mol. The SMILES string of the molecule is Cc1cc(Cl)ccc1NCC(=O)N1CCc2ccccc21. The minimum absolute atomic E-state index is 0.0919. The van der Waals surface area contributed by atoms with Gasteiger partial charge >= 0.3 is 0 Å². The van der Waals surface area contributed by atoms with Gasteiger partial charge in [-0.25, -0.2) is 0 Å². The Bertz CT molecular complexity index is 684. The molecule has 0 atom stereocenters. The van der Waals surface area contributed by atoms with E-state index in [1.54, 1.807) is 0 Å². The number of halogens is 1. The van der Waals surface area contributed by atoms with Gasteiger partial charge in [0.2, 0.25) is 5.91 Å². The van der Waals surface area contributed by atoms with Gasteiger partial charge in [-0.3, -0.25) is 4.79 Å². The molecule has 4 heteroatoms. The fraction of sp³-hybridized carbons (Fsp3) is 0.235. The number of carbonyl (C=O) groups excluding carboxylic acids is 1. The number of carbonyl (C=O) groups is 1. The summed E-state index contributed by atoms with van der Waals surface area (Å²) in [7, 11) is 0. The fourth-order valence-electron chi connectivity index (χ4n) is 2.69. The molecule has 0 aliphatic carbocycles. The second-order valence-electron chi connectivity index (χ2n) is 5.24. The number of aryl methyl sites for hydroxylation is 1. The minimum atomic E-state index is 0.0919. The van der Waals surface area contributed by atoms with Crippen LogP contribution in [0.25, 0.3) is 0 Å². The zero-order valence-corrected chi connectivity index (χ0v) is 12.7. The summed E-state index contributed by atoms with van der Waals surface area (Å²) in [6.07, 6.45) is 0.932. The number of fused-ring (bicyclic) bond motifs is 1. The highest BCUT2D eigenvalue weighted by Crippen LogP contribution is 2.27. The molecule has 3 nitrogen and oxygen atoms in total. The van der Waals surface area contributed by atoms with Crippen LogP contribution in [-0.4, -0.2) is 19.0 Å². The summed E-state index contributed by atoms with van der Waals surface area (Å²) < 4.78 is 0. The third kappa shape index (κ3) is 2.88. The number of benzene rings is 2. The first-order chi connectivity index (χ1) is 10.1. The third-order valence-corrected chi connectivity index (χ3v) is 4.04. The molecule has 0 radical (unpaired) electrons. The fourth-order valence-corrected chi connectivity index (χ4v) is 2.92. The first kappa shape index (κ1) is 14.0. The van der Waals surface area contributed by atoms with E-state index in [-0.39, 0.29) is 12.5 Å². The lowest BCUT2D eigenvalue weighted by atomic mass is 10.2. The summed E-state index contributed by atoms with van der Waals surface area (Å²) in [4.78, 5) is 14.3. The van der Waals surface area contributed by atoms with Gasteiger partial charge in [-0.15, -0.1) is 0 Å². The topological polar surface area (TPSA) is 32.3 Å². The second kappa shape index (κ2) is 5.78. The van der Waals surface area contributed by atoms with E-state index < -0.39 is 0 Å². The molecule has 2 aromatic carbocycles. The maximum Gasteiger partial charge on any atom is 0.246 e. The minimum Gasteiger partial charge on any atom is -0.376 e. The molecule has 0 spiro atoms. The smallest absolute Gasteiger partial charge is 0.246 e. The number of rotatable bonds is 3. The van der Waals surface area contributed by atoms with Crippen LogP contribution in [0.1, 0.15) is 11.1 Å². The van der Waals surface area contributed by atoms with Crippen molar-refractivity contribution in [3.8, 4) is 0 Å². The Kier molecular flexibility index (Phi) is 3.84. The highest BCUT2D eigenvalue weighted by atomic mass is 35.5. The number of nitrogens with one attached hydrogen (secondary N) is 1. The normalized spacial score (nSPS) is 13.1. The van der Waals surface area contributed by atoms with Crippen molar-refractivity contribution in [2.45, 2.75) is 13.3 Å². The highest BCUT2D eigenvalue weighted by Gasteiger charge is 2.23.